The Labute approximate surface area is 232 Å². The Hall–Kier alpha value is -4.08. The van der Waals surface area contributed by atoms with Crippen LogP contribution in [0.5, 0.6) is 0 Å². The highest BCUT2D eigenvalue weighted by Crippen LogP contribution is 2.37. The molecule has 2 fully saturated rings. The molecule has 0 unspecified atom stereocenters. The van der Waals surface area contributed by atoms with Crippen molar-refractivity contribution in [2.45, 2.75) is 62.3 Å². The van der Waals surface area contributed by atoms with Crippen molar-refractivity contribution < 1.29 is 26.0 Å². The molecule has 2 aliphatic carbocycles. The summed E-state index contributed by atoms with van der Waals surface area (Å²) in [5, 5.41) is 13.8. The van der Waals surface area contributed by atoms with E-state index in [1.54, 1.807) is 12.1 Å². The van der Waals surface area contributed by atoms with Crippen LogP contribution < -0.4 is 10.6 Å². The number of nitrogens with zero attached hydrogens (tertiary/aromatic N) is 7. The molecule has 4 aromatic rings. The second-order valence-corrected chi connectivity index (χ2v) is 12.2. The van der Waals surface area contributed by atoms with Crippen molar-refractivity contribution in [1.29, 1.82) is 0 Å². The zero-order valence-corrected chi connectivity index (χ0v) is 22.3. The van der Waals surface area contributed by atoms with Gasteiger partial charge in [-0.25, -0.2) is 36.8 Å². The number of aromatic nitrogens is 7. The minimum absolute atomic E-state index is 0.239. The molecule has 216 valence electrons. The van der Waals surface area contributed by atoms with Crippen LogP contribution in [-0.4, -0.2) is 59.6 Å². The van der Waals surface area contributed by atoms with E-state index < -0.39 is 27.7 Å². The summed E-state index contributed by atoms with van der Waals surface area (Å²) < 4.78 is 80.1. The minimum atomic E-state index is -3.54. The quantitative estimate of drug-likeness (QED) is 0.256. The van der Waals surface area contributed by atoms with Gasteiger partial charge in [-0.15, -0.1) is 0 Å². The molecule has 0 atom stereocenters. The van der Waals surface area contributed by atoms with Crippen molar-refractivity contribution in [2.24, 2.45) is 0 Å². The molecule has 4 heterocycles. The van der Waals surface area contributed by atoms with Crippen LogP contribution in [0.4, 0.5) is 34.9 Å². The molecule has 0 amide bonds. The first-order valence-electron chi connectivity index (χ1n) is 12.9. The summed E-state index contributed by atoms with van der Waals surface area (Å²) in [4.78, 5) is 13.0. The maximum Gasteiger partial charge on any atom is 0.333 e. The molecule has 0 saturated heterocycles. The lowest BCUT2D eigenvalue weighted by atomic mass is 9.92. The molecular weight excluding hydrogens is 566 g/mol. The van der Waals surface area contributed by atoms with E-state index in [-0.39, 0.29) is 43.2 Å². The highest BCUT2D eigenvalue weighted by molar-refractivity contribution is 7.90. The Kier molecular flexibility index (Phi) is 6.87. The van der Waals surface area contributed by atoms with E-state index in [1.165, 1.54) is 30.9 Å². The van der Waals surface area contributed by atoms with Gasteiger partial charge >= 0.3 is 6.55 Å². The first-order chi connectivity index (χ1) is 19.6. The van der Waals surface area contributed by atoms with Crippen LogP contribution in [0.2, 0.25) is 0 Å². The van der Waals surface area contributed by atoms with Crippen LogP contribution in [0.1, 0.15) is 45.1 Å². The van der Waals surface area contributed by atoms with Gasteiger partial charge in [-0.1, -0.05) is 0 Å². The van der Waals surface area contributed by atoms with Crippen molar-refractivity contribution in [1.82, 2.24) is 33.9 Å². The highest BCUT2D eigenvalue weighted by atomic mass is 32.2. The molecule has 41 heavy (non-hydrogen) atoms. The number of hydrogen-bond acceptors (Lipinski definition) is 9. The van der Waals surface area contributed by atoms with E-state index in [4.69, 9.17) is 0 Å². The lowest BCUT2D eigenvalue weighted by molar-refractivity contribution is -0.0360. The summed E-state index contributed by atoms with van der Waals surface area (Å²) in [6.07, 6.45) is 8.03. The van der Waals surface area contributed by atoms with Gasteiger partial charge in [0, 0.05) is 54.8 Å². The molecule has 2 aliphatic rings. The first-order valence-corrected chi connectivity index (χ1v) is 14.5. The molecule has 0 aromatic carbocycles. The van der Waals surface area contributed by atoms with Gasteiger partial charge in [0.05, 0.1) is 28.9 Å². The summed E-state index contributed by atoms with van der Waals surface area (Å²) in [5.74, 6) is -1.78. The van der Waals surface area contributed by atoms with E-state index in [9.17, 15) is 26.0 Å². The minimum Gasteiger partial charge on any atom is -0.382 e. The van der Waals surface area contributed by atoms with Gasteiger partial charge in [0.1, 0.15) is 11.6 Å². The zero-order chi connectivity index (χ0) is 28.8. The van der Waals surface area contributed by atoms with Gasteiger partial charge in [0.2, 0.25) is 5.92 Å². The lowest BCUT2D eigenvalue weighted by Gasteiger charge is -2.30. The molecular formula is C25H25F4N9O2S. The molecule has 0 spiro atoms. The van der Waals surface area contributed by atoms with Gasteiger partial charge in [0.15, 0.2) is 5.82 Å². The second-order valence-electron chi connectivity index (χ2n) is 10.1. The van der Waals surface area contributed by atoms with Crippen molar-refractivity contribution in [3.8, 4) is 22.6 Å². The zero-order valence-electron chi connectivity index (χ0n) is 21.5. The number of rotatable bonds is 9. The molecule has 6 rings (SSSR count). The molecule has 0 bridgehead atoms. The summed E-state index contributed by atoms with van der Waals surface area (Å²) in [6, 6.07) is 4.39. The van der Waals surface area contributed by atoms with E-state index in [0.29, 0.717) is 46.0 Å². The second kappa shape index (κ2) is 10.4. The number of halogens is 4. The maximum absolute atomic E-state index is 13.7. The number of anilines is 3. The fraction of sp³-hybridized carbons (Fsp3) is 0.400. The number of hydrogen-bond donors (Lipinski definition) is 2. The molecule has 2 saturated carbocycles. The largest absolute Gasteiger partial charge is 0.382 e. The monoisotopic (exact) mass is 591 g/mol. The highest BCUT2D eigenvalue weighted by Gasteiger charge is 2.38. The SMILES string of the molecule is O=S(=O)(C1CC1)n1cc(-c2nccc(Nc3cc(NC4CCC(F)(F)CC4)c(-c4ccn(C(F)F)n4)cn3)n2)cn1. The Morgan fingerprint density at radius 2 is 1.80 bits per heavy atom. The topological polar surface area (TPSA) is 133 Å². The predicted molar refractivity (Wildman–Crippen MR) is 141 cm³/mol. The fourth-order valence-electron chi connectivity index (χ4n) is 4.62. The summed E-state index contributed by atoms with van der Waals surface area (Å²) >= 11 is 0. The molecule has 0 radical (unpaired) electrons. The number of pyridine rings is 1. The Morgan fingerprint density at radius 3 is 2.51 bits per heavy atom. The Morgan fingerprint density at radius 1 is 1.02 bits per heavy atom. The molecule has 16 heteroatoms. The van der Waals surface area contributed by atoms with Crippen LogP contribution in [0.15, 0.2) is 49.2 Å². The van der Waals surface area contributed by atoms with Gasteiger partial charge in [-0.05, 0) is 37.8 Å². The first kappa shape index (κ1) is 27.1. The lowest BCUT2D eigenvalue weighted by Crippen LogP contribution is -2.32. The smallest absolute Gasteiger partial charge is 0.333 e. The number of nitrogens with one attached hydrogen (secondary N) is 2. The van der Waals surface area contributed by atoms with E-state index >= 15 is 0 Å². The molecule has 11 nitrogen and oxygen atoms in total. The molecule has 0 aliphatic heterocycles. The maximum atomic E-state index is 13.7. The average molecular weight is 592 g/mol. The summed E-state index contributed by atoms with van der Waals surface area (Å²) in [5.41, 5.74) is 1.57. The summed E-state index contributed by atoms with van der Waals surface area (Å²) in [6.45, 7) is -2.82. The molecule has 4 aromatic heterocycles. The molecule has 2 N–H and O–H groups in total. The number of alkyl halides is 4. The Balaban J connectivity index is 1.26. The van der Waals surface area contributed by atoms with E-state index in [2.05, 4.69) is 35.8 Å². The fourth-order valence-corrected chi connectivity index (χ4v) is 6.09. The predicted octanol–water partition coefficient (Wildman–Crippen LogP) is 5.07. The standard InChI is InChI=1S/C25H25F4N9O2S/c26-24(27)37-10-6-19(36-37)18-13-31-22(11-20(18)33-16-3-7-25(28,29)8-4-16)34-21-5-9-30-23(35-21)15-12-32-38(14-15)41(39,40)17-1-2-17/h5-6,9-14,16-17,24H,1-4,7-8H2,(H2,30,31,33,34,35). The van der Waals surface area contributed by atoms with Gasteiger partial charge in [0.25, 0.3) is 10.0 Å². The van der Waals surface area contributed by atoms with Crippen molar-refractivity contribution in [2.75, 3.05) is 10.6 Å². The Bertz CT molecular complexity index is 1660. The third-order valence-corrected chi connectivity index (χ3v) is 9.04. The van der Waals surface area contributed by atoms with Crippen LogP contribution in [0.25, 0.3) is 22.6 Å². The van der Waals surface area contributed by atoms with Crippen molar-refractivity contribution in [3.63, 3.8) is 0 Å². The van der Waals surface area contributed by atoms with Crippen LogP contribution in [0, 0.1) is 0 Å². The average Bonchev–Trinajstić information content (AvgIpc) is 3.48. The van der Waals surface area contributed by atoms with Crippen molar-refractivity contribution >= 4 is 27.3 Å². The van der Waals surface area contributed by atoms with E-state index in [1.807, 2.05) is 0 Å². The van der Waals surface area contributed by atoms with Crippen LogP contribution in [0.3, 0.4) is 0 Å². The van der Waals surface area contributed by atoms with E-state index in [0.717, 1.165) is 10.3 Å². The van der Waals surface area contributed by atoms with Crippen molar-refractivity contribution in [3.05, 3.63) is 49.2 Å². The normalized spacial score (nSPS) is 17.6. The van der Waals surface area contributed by atoms with Crippen LogP contribution >= 0.6 is 0 Å². The third-order valence-electron chi connectivity index (χ3n) is 7.00. The van der Waals surface area contributed by atoms with Crippen LogP contribution in [-0.2, 0) is 10.0 Å². The van der Waals surface area contributed by atoms with Gasteiger partial charge in [-0.2, -0.15) is 23.1 Å². The van der Waals surface area contributed by atoms with Gasteiger partial charge < -0.3 is 10.6 Å². The summed E-state index contributed by atoms with van der Waals surface area (Å²) in [7, 11) is -3.54. The third kappa shape index (κ3) is 5.87. The van der Waals surface area contributed by atoms with Gasteiger partial charge in [-0.3, -0.25) is 0 Å².